The number of hydrogen-bond donors (Lipinski definition) is 2. The van der Waals surface area contributed by atoms with Crippen LogP contribution in [0.2, 0.25) is 0 Å². The highest BCUT2D eigenvalue weighted by molar-refractivity contribution is 5.82. The molecule has 4 aromatic heterocycles. The number of aryl methyl sites for hydroxylation is 1. The second-order valence-electron chi connectivity index (χ2n) is 9.33. The fourth-order valence-corrected chi connectivity index (χ4v) is 4.65. The van der Waals surface area contributed by atoms with E-state index in [2.05, 4.69) is 19.9 Å². The predicted molar refractivity (Wildman–Crippen MR) is 133 cm³/mol. The molecule has 6 rings (SSSR count). The van der Waals surface area contributed by atoms with Crippen LogP contribution in [0.3, 0.4) is 0 Å². The number of aliphatic hydroxyl groups excluding tert-OH is 1. The Morgan fingerprint density at radius 1 is 1.11 bits per heavy atom. The molecule has 0 amide bonds. The lowest BCUT2D eigenvalue weighted by Crippen LogP contribution is -2.04. The lowest BCUT2D eigenvalue weighted by atomic mass is 10.0. The average Bonchev–Trinajstić information content (AvgIpc) is 3.55. The standard InChI is InChI=1S/C27H23F3N6O2/c1-36-13-20(27(28,29)30)34-26(36)16-7-5-15(6-8-16)24(37)17-11-32-18-12-33-25(35-23(17)18)21-19(38-2)9-10-31-22(21)14-3-4-14/h5-14,24,32,37H,3-4H2,1-2H3. The summed E-state index contributed by atoms with van der Waals surface area (Å²) in [7, 11) is 3.10. The quantitative estimate of drug-likeness (QED) is 0.311. The molecule has 0 bridgehead atoms. The number of nitrogens with one attached hydrogen (secondary N) is 1. The Morgan fingerprint density at radius 2 is 1.87 bits per heavy atom. The molecule has 194 valence electrons. The topological polar surface area (TPSA) is 102 Å². The molecule has 1 atom stereocenters. The van der Waals surface area contributed by atoms with Crippen molar-refractivity contribution >= 4 is 11.0 Å². The molecule has 0 radical (unpaired) electrons. The van der Waals surface area contributed by atoms with Gasteiger partial charge in [-0.05, 0) is 24.5 Å². The van der Waals surface area contributed by atoms with Gasteiger partial charge in [-0.1, -0.05) is 24.3 Å². The number of benzene rings is 1. The third-order valence-corrected chi connectivity index (χ3v) is 6.74. The summed E-state index contributed by atoms with van der Waals surface area (Å²) in [4.78, 5) is 20.7. The number of fused-ring (bicyclic) bond motifs is 1. The van der Waals surface area contributed by atoms with Crippen LogP contribution in [-0.2, 0) is 13.2 Å². The van der Waals surface area contributed by atoms with E-state index in [0.717, 1.165) is 30.3 Å². The zero-order chi connectivity index (χ0) is 26.6. The Morgan fingerprint density at radius 3 is 2.53 bits per heavy atom. The van der Waals surface area contributed by atoms with Crippen LogP contribution in [0.25, 0.3) is 33.8 Å². The summed E-state index contributed by atoms with van der Waals surface area (Å²) < 4.78 is 46.1. The highest BCUT2D eigenvalue weighted by Gasteiger charge is 2.34. The number of imidazole rings is 1. The summed E-state index contributed by atoms with van der Waals surface area (Å²) in [5, 5.41) is 11.2. The largest absolute Gasteiger partial charge is 0.496 e. The number of hydrogen-bond acceptors (Lipinski definition) is 6. The third kappa shape index (κ3) is 4.18. The SMILES string of the molecule is COc1ccnc(C2CC2)c1-c1ncc2[nH]cc(C(O)c3ccc(-c4nc(C(F)(F)F)cn4C)cc3)c2n1. The first-order chi connectivity index (χ1) is 18.2. The molecule has 1 fully saturated rings. The molecule has 1 aliphatic rings. The van der Waals surface area contributed by atoms with Gasteiger partial charge in [0, 0.05) is 42.7 Å². The van der Waals surface area contributed by atoms with Gasteiger partial charge in [-0.15, -0.1) is 0 Å². The van der Waals surface area contributed by atoms with Gasteiger partial charge in [-0.25, -0.2) is 15.0 Å². The van der Waals surface area contributed by atoms with Crippen molar-refractivity contribution < 1.29 is 23.0 Å². The van der Waals surface area contributed by atoms with Gasteiger partial charge in [0.25, 0.3) is 0 Å². The Bertz CT molecular complexity index is 1640. The van der Waals surface area contributed by atoms with E-state index in [1.807, 2.05) is 0 Å². The fourth-order valence-electron chi connectivity index (χ4n) is 4.65. The molecule has 2 N–H and O–H groups in total. The van der Waals surface area contributed by atoms with Gasteiger partial charge < -0.3 is 19.4 Å². The van der Waals surface area contributed by atoms with Crippen molar-refractivity contribution in [1.82, 2.24) is 29.5 Å². The number of aromatic amines is 1. The maximum absolute atomic E-state index is 13.1. The van der Waals surface area contributed by atoms with Crippen LogP contribution >= 0.6 is 0 Å². The van der Waals surface area contributed by atoms with E-state index in [1.165, 1.54) is 11.6 Å². The molecular weight excluding hydrogens is 497 g/mol. The van der Waals surface area contributed by atoms with E-state index in [1.54, 1.807) is 56.0 Å². The van der Waals surface area contributed by atoms with Gasteiger partial charge in [0.2, 0.25) is 0 Å². The molecule has 1 aromatic carbocycles. The summed E-state index contributed by atoms with van der Waals surface area (Å²) in [6.45, 7) is 0. The lowest BCUT2D eigenvalue weighted by Gasteiger charge is -2.13. The highest BCUT2D eigenvalue weighted by atomic mass is 19.4. The summed E-state index contributed by atoms with van der Waals surface area (Å²) in [6.07, 6.45) is 2.56. The number of ether oxygens (including phenoxy) is 1. The molecule has 8 nitrogen and oxygen atoms in total. The monoisotopic (exact) mass is 520 g/mol. The number of aliphatic hydroxyl groups is 1. The number of aromatic nitrogens is 6. The van der Waals surface area contributed by atoms with Crippen molar-refractivity contribution in [2.75, 3.05) is 7.11 Å². The number of pyridine rings is 1. The van der Waals surface area contributed by atoms with Gasteiger partial charge in [0.1, 0.15) is 17.7 Å². The first-order valence-electron chi connectivity index (χ1n) is 12.0. The number of halogens is 3. The molecule has 5 aromatic rings. The maximum atomic E-state index is 13.1. The van der Waals surface area contributed by atoms with Crippen LogP contribution in [0.5, 0.6) is 5.75 Å². The number of nitrogens with zero attached hydrogens (tertiary/aromatic N) is 5. The second kappa shape index (κ2) is 8.95. The molecule has 1 unspecified atom stereocenters. The van der Waals surface area contributed by atoms with E-state index < -0.39 is 18.0 Å². The minimum atomic E-state index is -4.53. The lowest BCUT2D eigenvalue weighted by molar-refractivity contribution is -0.140. The number of rotatable bonds is 6. The molecule has 0 aliphatic heterocycles. The number of alkyl halides is 3. The van der Waals surface area contributed by atoms with Crippen LogP contribution in [0.4, 0.5) is 13.2 Å². The molecule has 1 saturated carbocycles. The average molecular weight is 521 g/mol. The van der Waals surface area contributed by atoms with E-state index in [4.69, 9.17) is 9.72 Å². The number of methoxy groups -OCH3 is 1. The maximum Gasteiger partial charge on any atom is 0.434 e. The van der Waals surface area contributed by atoms with Crippen LogP contribution in [-0.4, -0.2) is 41.7 Å². The smallest absolute Gasteiger partial charge is 0.434 e. The second-order valence-corrected chi connectivity index (χ2v) is 9.33. The summed E-state index contributed by atoms with van der Waals surface area (Å²) in [5.74, 6) is 1.63. The minimum Gasteiger partial charge on any atom is -0.496 e. The van der Waals surface area contributed by atoms with Gasteiger partial charge in [0.05, 0.1) is 35.6 Å². The molecule has 11 heteroatoms. The van der Waals surface area contributed by atoms with Crippen LogP contribution in [0, 0.1) is 0 Å². The van der Waals surface area contributed by atoms with Crippen molar-refractivity contribution in [3.05, 3.63) is 77.6 Å². The predicted octanol–water partition coefficient (Wildman–Crippen LogP) is 5.41. The Labute approximate surface area is 215 Å². The zero-order valence-electron chi connectivity index (χ0n) is 20.5. The van der Waals surface area contributed by atoms with Crippen LogP contribution in [0.15, 0.2) is 55.1 Å². The Kier molecular flexibility index (Phi) is 5.68. The summed E-state index contributed by atoms with van der Waals surface area (Å²) in [5.41, 5.74) is 3.50. The van der Waals surface area contributed by atoms with E-state index >= 15 is 0 Å². The van der Waals surface area contributed by atoms with Crippen LogP contribution < -0.4 is 4.74 Å². The molecule has 4 heterocycles. The highest BCUT2D eigenvalue weighted by Crippen LogP contribution is 2.45. The summed E-state index contributed by atoms with van der Waals surface area (Å²) in [6, 6.07) is 8.39. The molecular formula is C27H23F3N6O2. The van der Waals surface area contributed by atoms with Gasteiger partial charge in [-0.3, -0.25) is 4.98 Å². The van der Waals surface area contributed by atoms with Crippen molar-refractivity contribution in [1.29, 1.82) is 0 Å². The van der Waals surface area contributed by atoms with Crippen molar-refractivity contribution in [2.24, 2.45) is 7.05 Å². The van der Waals surface area contributed by atoms with Crippen molar-refractivity contribution in [3.8, 4) is 28.5 Å². The summed E-state index contributed by atoms with van der Waals surface area (Å²) >= 11 is 0. The Balaban J connectivity index is 1.35. The van der Waals surface area contributed by atoms with Gasteiger partial charge >= 0.3 is 6.18 Å². The van der Waals surface area contributed by atoms with E-state index in [9.17, 15) is 18.3 Å². The van der Waals surface area contributed by atoms with E-state index in [-0.39, 0.29) is 5.82 Å². The van der Waals surface area contributed by atoms with Crippen LogP contribution in [0.1, 0.15) is 47.4 Å². The van der Waals surface area contributed by atoms with Gasteiger partial charge in [-0.2, -0.15) is 13.2 Å². The minimum absolute atomic E-state index is 0.180. The van der Waals surface area contributed by atoms with Crippen molar-refractivity contribution in [3.63, 3.8) is 0 Å². The van der Waals surface area contributed by atoms with Crippen molar-refractivity contribution in [2.45, 2.75) is 31.0 Å². The van der Waals surface area contributed by atoms with E-state index in [0.29, 0.717) is 45.2 Å². The molecule has 38 heavy (non-hydrogen) atoms. The first kappa shape index (κ1) is 24.1. The fraction of sp³-hybridized carbons (Fsp3) is 0.259. The molecule has 1 aliphatic carbocycles. The molecule has 0 spiro atoms. The van der Waals surface area contributed by atoms with Gasteiger partial charge in [0.15, 0.2) is 11.5 Å². The molecule has 0 saturated heterocycles. The normalized spacial score (nSPS) is 14.7. The number of H-pyrrole nitrogens is 1. The zero-order valence-corrected chi connectivity index (χ0v) is 20.5. The Hall–Kier alpha value is -4.25. The first-order valence-corrected chi connectivity index (χ1v) is 12.0. The third-order valence-electron chi connectivity index (χ3n) is 6.74.